The van der Waals surface area contributed by atoms with Crippen LogP contribution >= 0.6 is 0 Å². The third kappa shape index (κ3) is 1.66. The Morgan fingerprint density at radius 1 is 1.62 bits per heavy atom. The average molecular weight is 187 g/mol. The van der Waals surface area contributed by atoms with Crippen molar-refractivity contribution in [2.75, 3.05) is 7.11 Å². The molecule has 0 spiro atoms. The van der Waals surface area contributed by atoms with E-state index in [4.69, 9.17) is 5.11 Å². The highest BCUT2D eigenvalue weighted by Gasteiger charge is 2.20. The van der Waals surface area contributed by atoms with Crippen molar-refractivity contribution in [2.45, 2.75) is 0 Å². The van der Waals surface area contributed by atoms with Gasteiger partial charge in [-0.3, -0.25) is 10.1 Å². The number of rotatable bonds is 2. The minimum absolute atomic E-state index is 0.341. The number of phenols is 1. The van der Waals surface area contributed by atoms with Gasteiger partial charge in [-0.15, -0.1) is 0 Å². The molecule has 1 aromatic carbocycles. The van der Waals surface area contributed by atoms with E-state index in [0.29, 0.717) is 6.07 Å². The highest BCUT2D eigenvalue weighted by molar-refractivity contribution is 5.55. The number of hydrogen-bond donors (Lipinski definition) is 1. The topological polar surface area (TPSA) is 72.6 Å². The molecule has 0 amide bonds. The van der Waals surface area contributed by atoms with Gasteiger partial charge in [-0.1, -0.05) is 0 Å². The van der Waals surface area contributed by atoms with Crippen LogP contribution in [0.25, 0.3) is 0 Å². The third-order valence-electron chi connectivity index (χ3n) is 1.42. The first kappa shape index (κ1) is 9.24. The molecule has 0 unspecified atom stereocenters. The normalized spacial score (nSPS) is 9.69. The van der Waals surface area contributed by atoms with Crippen molar-refractivity contribution in [2.24, 2.45) is 0 Å². The van der Waals surface area contributed by atoms with Crippen molar-refractivity contribution < 1.29 is 19.2 Å². The molecule has 0 saturated heterocycles. The third-order valence-corrected chi connectivity index (χ3v) is 1.42. The van der Waals surface area contributed by atoms with E-state index in [1.807, 2.05) is 0 Å². The maximum absolute atomic E-state index is 12.6. The summed E-state index contributed by atoms with van der Waals surface area (Å²) in [5.41, 5.74) is -0.597. The Hall–Kier alpha value is -1.85. The van der Waals surface area contributed by atoms with E-state index >= 15 is 0 Å². The van der Waals surface area contributed by atoms with Crippen molar-refractivity contribution >= 4 is 5.69 Å². The quantitative estimate of drug-likeness (QED) is 0.561. The Balaban J connectivity index is 3.38. The summed E-state index contributed by atoms with van der Waals surface area (Å²) < 4.78 is 17.1. The van der Waals surface area contributed by atoms with E-state index in [0.717, 1.165) is 13.2 Å². The van der Waals surface area contributed by atoms with E-state index in [1.54, 1.807) is 0 Å². The minimum atomic E-state index is -0.884. The summed E-state index contributed by atoms with van der Waals surface area (Å²) in [6.07, 6.45) is 0. The zero-order valence-corrected chi connectivity index (χ0v) is 6.65. The van der Waals surface area contributed by atoms with Crippen molar-refractivity contribution in [3.8, 4) is 11.5 Å². The van der Waals surface area contributed by atoms with E-state index < -0.39 is 22.2 Å². The molecule has 0 heterocycles. The van der Waals surface area contributed by atoms with Crippen LogP contribution in [0.1, 0.15) is 0 Å². The van der Waals surface area contributed by atoms with Crippen LogP contribution < -0.4 is 4.74 Å². The van der Waals surface area contributed by atoms with Crippen LogP contribution in [0.15, 0.2) is 12.1 Å². The van der Waals surface area contributed by atoms with Gasteiger partial charge in [-0.05, 0) is 0 Å². The Kier molecular flexibility index (Phi) is 2.32. The van der Waals surface area contributed by atoms with Gasteiger partial charge in [0.1, 0.15) is 5.82 Å². The lowest BCUT2D eigenvalue weighted by atomic mass is 10.2. The number of aromatic hydroxyl groups is 1. The summed E-state index contributed by atoms with van der Waals surface area (Å²) >= 11 is 0. The molecule has 6 heteroatoms. The molecule has 1 N–H and O–H groups in total. The maximum Gasteiger partial charge on any atom is 0.317 e. The van der Waals surface area contributed by atoms with Gasteiger partial charge in [0.2, 0.25) is 5.75 Å². The number of nitro benzene ring substituents is 1. The van der Waals surface area contributed by atoms with Gasteiger partial charge in [-0.2, -0.15) is 0 Å². The second-order valence-corrected chi connectivity index (χ2v) is 2.23. The number of methoxy groups -OCH3 is 1. The SMILES string of the molecule is COc1c(O)cc(F)cc1[N+](=O)[O-]. The number of nitro groups is 1. The molecule has 70 valence electrons. The van der Waals surface area contributed by atoms with Crippen LogP contribution in [0.5, 0.6) is 11.5 Å². The van der Waals surface area contributed by atoms with E-state index in [2.05, 4.69) is 4.74 Å². The van der Waals surface area contributed by atoms with Gasteiger partial charge >= 0.3 is 5.69 Å². The molecule has 0 aromatic heterocycles. The molecule has 1 aromatic rings. The van der Waals surface area contributed by atoms with Gasteiger partial charge in [0.25, 0.3) is 0 Å². The fourth-order valence-corrected chi connectivity index (χ4v) is 0.910. The lowest BCUT2D eigenvalue weighted by Crippen LogP contribution is -1.94. The van der Waals surface area contributed by atoms with Crippen LogP contribution in [0.4, 0.5) is 10.1 Å². The predicted octanol–water partition coefficient (Wildman–Crippen LogP) is 1.45. The van der Waals surface area contributed by atoms with Crippen molar-refractivity contribution in [1.29, 1.82) is 0 Å². The fourth-order valence-electron chi connectivity index (χ4n) is 0.910. The zero-order chi connectivity index (χ0) is 10.0. The van der Waals surface area contributed by atoms with Crippen LogP contribution in [-0.2, 0) is 0 Å². The Morgan fingerprint density at radius 2 is 2.23 bits per heavy atom. The summed E-state index contributed by atoms with van der Waals surface area (Å²) in [4.78, 5) is 9.50. The smallest absolute Gasteiger partial charge is 0.317 e. The molecule has 13 heavy (non-hydrogen) atoms. The molecule has 0 atom stereocenters. The minimum Gasteiger partial charge on any atom is -0.504 e. The van der Waals surface area contributed by atoms with Crippen molar-refractivity contribution in [1.82, 2.24) is 0 Å². The average Bonchev–Trinajstić information content (AvgIpc) is 2.02. The van der Waals surface area contributed by atoms with Crippen LogP contribution in [-0.4, -0.2) is 17.1 Å². The monoisotopic (exact) mass is 187 g/mol. The summed E-state index contributed by atoms with van der Waals surface area (Å²) in [6, 6.07) is 1.42. The van der Waals surface area contributed by atoms with Crippen LogP contribution in [0.2, 0.25) is 0 Å². The molecular formula is C7H6FNO4. The fraction of sp³-hybridized carbons (Fsp3) is 0.143. The molecule has 0 radical (unpaired) electrons. The molecule has 5 nitrogen and oxygen atoms in total. The first-order valence-electron chi connectivity index (χ1n) is 3.27. The van der Waals surface area contributed by atoms with Gasteiger partial charge in [0, 0.05) is 6.07 Å². The number of phenolic OH excluding ortho intramolecular Hbond substituents is 1. The molecule has 0 bridgehead atoms. The number of halogens is 1. The second kappa shape index (κ2) is 3.26. The van der Waals surface area contributed by atoms with Crippen molar-refractivity contribution in [3.05, 3.63) is 28.1 Å². The highest BCUT2D eigenvalue weighted by Crippen LogP contribution is 2.36. The standard InChI is InChI=1S/C7H6FNO4/c1-13-7-5(9(11)12)2-4(8)3-6(7)10/h2-3,10H,1H3. The Morgan fingerprint density at radius 3 is 2.69 bits per heavy atom. The number of ether oxygens (including phenoxy) is 1. The molecule has 0 fully saturated rings. The zero-order valence-electron chi connectivity index (χ0n) is 6.65. The van der Waals surface area contributed by atoms with Gasteiger partial charge in [0.05, 0.1) is 18.1 Å². The summed E-state index contributed by atoms with van der Waals surface area (Å²) in [6.45, 7) is 0. The number of benzene rings is 1. The molecular weight excluding hydrogens is 181 g/mol. The molecule has 0 saturated carbocycles. The Labute approximate surface area is 72.5 Å². The molecule has 0 aliphatic heterocycles. The first-order chi connectivity index (χ1) is 6.06. The largest absolute Gasteiger partial charge is 0.504 e. The van der Waals surface area contributed by atoms with E-state index in [9.17, 15) is 14.5 Å². The van der Waals surface area contributed by atoms with Crippen molar-refractivity contribution in [3.63, 3.8) is 0 Å². The lowest BCUT2D eigenvalue weighted by Gasteiger charge is -2.03. The van der Waals surface area contributed by atoms with Crippen LogP contribution in [0, 0.1) is 15.9 Å². The highest BCUT2D eigenvalue weighted by atomic mass is 19.1. The van der Waals surface area contributed by atoms with Gasteiger partial charge < -0.3 is 9.84 Å². The number of hydrogen-bond acceptors (Lipinski definition) is 4. The summed E-state index contributed by atoms with van der Waals surface area (Å²) in [5.74, 6) is -1.81. The first-order valence-corrected chi connectivity index (χ1v) is 3.27. The summed E-state index contributed by atoms with van der Waals surface area (Å²) in [5, 5.41) is 19.4. The predicted molar refractivity (Wildman–Crippen MR) is 41.3 cm³/mol. The molecule has 0 aliphatic carbocycles. The van der Waals surface area contributed by atoms with E-state index in [-0.39, 0.29) is 5.75 Å². The second-order valence-electron chi connectivity index (χ2n) is 2.23. The summed E-state index contributed by atoms with van der Waals surface area (Å²) in [7, 11) is 1.15. The Bertz CT molecular complexity index is 353. The maximum atomic E-state index is 12.6. The molecule has 1 rings (SSSR count). The van der Waals surface area contributed by atoms with Gasteiger partial charge in [-0.25, -0.2) is 4.39 Å². The van der Waals surface area contributed by atoms with Gasteiger partial charge in [0.15, 0.2) is 5.75 Å². The number of nitrogens with zero attached hydrogens (tertiary/aromatic N) is 1. The van der Waals surface area contributed by atoms with Crippen LogP contribution in [0.3, 0.4) is 0 Å². The lowest BCUT2D eigenvalue weighted by molar-refractivity contribution is -0.386. The van der Waals surface area contributed by atoms with E-state index in [1.165, 1.54) is 0 Å². The molecule has 0 aliphatic rings.